The molecule has 1 aliphatic heterocycles. The first-order valence-corrected chi connectivity index (χ1v) is 6.84. The molecule has 0 bridgehead atoms. The van der Waals surface area contributed by atoms with Gasteiger partial charge in [-0.05, 0) is 37.4 Å². The van der Waals surface area contributed by atoms with E-state index in [2.05, 4.69) is 20.4 Å². The van der Waals surface area contributed by atoms with E-state index in [1.807, 2.05) is 12.1 Å². The van der Waals surface area contributed by atoms with Gasteiger partial charge in [-0.25, -0.2) is 0 Å². The van der Waals surface area contributed by atoms with E-state index < -0.39 is 0 Å². The highest BCUT2D eigenvalue weighted by atomic mass is 16.5. The van der Waals surface area contributed by atoms with E-state index in [4.69, 9.17) is 4.52 Å². The van der Waals surface area contributed by atoms with Crippen LogP contribution < -0.4 is 5.32 Å². The molecule has 2 atom stereocenters. The van der Waals surface area contributed by atoms with Crippen LogP contribution in [0.2, 0.25) is 0 Å². The van der Waals surface area contributed by atoms with Crippen molar-refractivity contribution >= 4 is 0 Å². The van der Waals surface area contributed by atoms with Gasteiger partial charge >= 0.3 is 0 Å². The molecule has 2 aromatic rings. The molecule has 1 aliphatic carbocycles. The van der Waals surface area contributed by atoms with Crippen LogP contribution in [-0.2, 0) is 5.41 Å². The maximum Gasteiger partial charge on any atom is 0.234 e. The Morgan fingerprint density at radius 2 is 2.42 bits per heavy atom. The normalized spacial score (nSPS) is 29.6. The van der Waals surface area contributed by atoms with Crippen molar-refractivity contribution in [3.63, 3.8) is 0 Å². The predicted molar refractivity (Wildman–Crippen MR) is 69.4 cm³/mol. The minimum absolute atomic E-state index is 0.0768. The number of fused-ring (bicyclic) bond motifs is 1. The van der Waals surface area contributed by atoms with Crippen molar-refractivity contribution in [2.75, 3.05) is 13.1 Å². The summed E-state index contributed by atoms with van der Waals surface area (Å²) in [5.41, 5.74) is 0.988. The van der Waals surface area contributed by atoms with Crippen molar-refractivity contribution in [2.45, 2.75) is 24.7 Å². The largest absolute Gasteiger partial charge is 0.338 e. The number of aromatic nitrogens is 3. The molecule has 0 aromatic carbocycles. The molecule has 3 heterocycles. The maximum absolute atomic E-state index is 5.58. The standard InChI is InChI=1S/C14H16N4O/c1-4-11-8-16-9-14(11,5-1)13-17-12(18-19-13)10-3-2-6-15-7-10/h2-3,6-7,11,16H,1,4-5,8-9H2/t11-,14-/m0/s1. The molecule has 2 aromatic heterocycles. The van der Waals surface area contributed by atoms with E-state index in [9.17, 15) is 0 Å². The third kappa shape index (κ3) is 1.61. The van der Waals surface area contributed by atoms with Gasteiger partial charge in [0.2, 0.25) is 11.7 Å². The Bertz CT molecular complexity index is 570. The predicted octanol–water partition coefficient (Wildman–Crippen LogP) is 1.77. The topological polar surface area (TPSA) is 63.8 Å². The number of nitrogens with one attached hydrogen (secondary N) is 1. The van der Waals surface area contributed by atoms with Gasteiger partial charge < -0.3 is 9.84 Å². The Kier molecular flexibility index (Phi) is 2.41. The number of hydrogen-bond acceptors (Lipinski definition) is 5. The zero-order chi connectivity index (χ0) is 12.7. The highest BCUT2D eigenvalue weighted by molar-refractivity contribution is 5.52. The van der Waals surface area contributed by atoms with Crippen molar-refractivity contribution in [3.05, 3.63) is 30.4 Å². The van der Waals surface area contributed by atoms with E-state index in [0.717, 1.165) is 31.0 Å². The van der Waals surface area contributed by atoms with Gasteiger partial charge in [-0.1, -0.05) is 11.6 Å². The summed E-state index contributed by atoms with van der Waals surface area (Å²) in [5.74, 6) is 2.10. The summed E-state index contributed by atoms with van der Waals surface area (Å²) in [6, 6.07) is 3.84. The third-order valence-corrected chi connectivity index (χ3v) is 4.56. The van der Waals surface area contributed by atoms with Crippen LogP contribution >= 0.6 is 0 Å². The molecule has 2 fully saturated rings. The van der Waals surface area contributed by atoms with Crippen LogP contribution in [-0.4, -0.2) is 28.2 Å². The highest BCUT2D eigenvalue weighted by Gasteiger charge is 2.51. The lowest BCUT2D eigenvalue weighted by Gasteiger charge is -2.22. The van der Waals surface area contributed by atoms with E-state index in [0.29, 0.717) is 11.7 Å². The Labute approximate surface area is 111 Å². The van der Waals surface area contributed by atoms with E-state index in [1.54, 1.807) is 12.4 Å². The van der Waals surface area contributed by atoms with Crippen molar-refractivity contribution in [2.24, 2.45) is 5.92 Å². The number of nitrogens with zero attached hydrogens (tertiary/aromatic N) is 3. The fourth-order valence-electron chi connectivity index (χ4n) is 3.54. The van der Waals surface area contributed by atoms with Crippen LogP contribution in [0.15, 0.2) is 29.0 Å². The summed E-state index contributed by atoms with van der Waals surface area (Å²) in [6.07, 6.45) is 7.19. The molecule has 5 nitrogen and oxygen atoms in total. The van der Waals surface area contributed by atoms with Crippen LogP contribution in [0, 0.1) is 5.92 Å². The van der Waals surface area contributed by atoms with Crippen LogP contribution in [0.3, 0.4) is 0 Å². The third-order valence-electron chi connectivity index (χ3n) is 4.56. The molecule has 0 amide bonds. The second-order valence-electron chi connectivity index (χ2n) is 5.54. The maximum atomic E-state index is 5.58. The van der Waals surface area contributed by atoms with Gasteiger partial charge in [-0.15, -0.1) is 0 Å². The second kappa shape index (κ2) is 4.13. The van der Waals surface area contributed by atoms with Gasteiger partial charge in [0.05, 0.1) is 5.41 Å². The first-order chi connectivity index (χ1) is 9.38. The van der Waals surface area contributed by atoms with Gasteiger partial charge in [0.25, 0.3) is 0 Å². The molecule has 0 radical (unpaired) electrons. The average Bonchev–Trinajstić information content (AvgIpc) is 3.14. The summed E-state index contributed by atoms with van der Waals surface area (Å²) in [5, 5.41) is 7.60. The first-order valence-electron chi connectivity index (χ1n) is 6.84. The van der Waals surface area contributed by atoms with Crippen molar-refractivity contribution < 1.29 is 4.52 Å². The molecule has 1 saturated carbocycles. The van der Waals surface area contributed by atoms with Gasteiger partial charge in [0, 0.05) is 24.5 Å². The number of rotatable bonds is 2. The number of hydrogen-bond donors (Lipinski definition) is 1. The second-order valence-corrected chi connectivity index (χ2v) is 5.54. The summed E-state index contributed by atoms with van der Waals surface area (Å²) in [7, 11) is 0. The van der Waals surface area contributed by atoms with E-state index >= 15 is 0 Å². The highest BCUT2D eigenvalue weighted by Crippen LogP contribution is 2.47. The van der Waals surface area contributed by atoms with Gasteiger partial charge in [0.15, 0.2) is 0 Å². The first kappa shape index (κ1) is 11.1. The molecule has 1 saturated heterocycles. The van der Waals surface area contributed by atoms with Crippen LogP contribution in [0.25, 0.3) is 11.4 Å². The molecule has 19 heavy (non-hydrogen) atoms. The lowest BCUT2D eigenvalue weighted by Crippen LogP contribution is -2.31. The lowest BCUT2D eigenvalue weighted by atomic mass is 9.80. The summed E-state index contributed by atoms with van der Waals surface area (Å²) in [6.45, 7) is 2.04. The molecule has 98 valence electrons. The molecular weight excluding hydrogens is 240 g/mol. The van der Waals surface area contributed by atoms with E-state index in [-0.39, 0.29) is 5.41 Å². The minimum atomic E-state index is 0.0768. The Morgan fingerprint density at radius 1 is 1.42 bits per heavy atom. The summed E-state index contributed by atoms with van der Waals surface area (Å²) >= 11 is 0. The summed E-state index contributed by atoms with van der Waals surface area (Å²) < 4.78 is 5.58. The molecule has 0 unspecified atom stereocenters. The molecule has 5 heteroatoms. The fraction of sp³-hybridized carbons (Fsp3) is 0.500. The Balaban J connectivity index is 1.72. The van der Waals surface area contributed by atoms with Gasteiger partial charge in [-0.3, -0.25) is 4.98 Å². The quantitative estimate of drug-likeness (QED) is 0.887. The van der Waals surface area contributed by atoms with Crippen molar-refractivity contribution in [1.29, 1.82) is 0 Å². The molecule has 1 N–H and O–H groups in total. The average molecular weight is 256 g/mol. The molecule has 2 aliphatic rings. The van der Waals surface area contributed by atoms with Gasteiger partial charge in [-0.2, -0.15) is 4.98 Å². The molecule has 4 rings (SSSR count). The Hall–Kier alpha value is -1.75. The van der Waals surface area contributed by atoms with Crippen molar-refractivity contribution in [3.8, 4) is 11.4 Å². The molecule has 0 spiro atoms. The van der Waals surface area contributed by atoms with Gasteiger partial charge in [0.1, 0.15) is 0 Å². The minimum Gasteiger partial charge on any atom is -0.338 e. The number of pyridine rings is 1. The zero-order valence-electron chi connectivity index (χ0n) is 10.7. The lowest BCUT2D eigenvalue weighted by molar-refractivity contribution is 0.265. The summed E-state index contributed by atoms with van der Waals surface area (Å²) in [4.78, 5) is 8.74. The van der Waals surface area contributed by atoms with Crippen LogP contribution in [0.5, 0.6) is 0 Å². The van der Waals surface area contributed by atoms with Crippen molar-refractivity contribution in [1.82, 2.24) is 20.4 Å². The smallest absolute Gasteiger partial charge is 0.234 e. The fourth-order valence-corrected chi connectivity index (χ4v) is 3.54. The van der Waals surface area contributed by atoms with E-state index in [1.165, 1.54) is 12.8 Å². The van der Waals surface area contributed by atoms with Crippen LogP contribution in [0.1, 0.15) is 25.2 Å². The SMILES string of the molecule is c1cncc(-c2noc([C@]34CCC[C@H]3CNC4)n2)c1. The molecular formula is C14H16N4O. The van der Waals surface area contributed by atoms with Crippen LogP contribution in [0.4, 0.5) is 0 Å². The zero-order valence-corrected chi connectivity index (χ0v) is 10.7. The Morgan fingerprint density at radius 3 is 3.32 bits per heavy atom. The monoisotopic (exact) mass is 256 g/mol.